The van der Waals surface area contributed by atoms with E-state index in [1.165, 1.54) is 31.2 Å². The van der Waals surface area contributed by atoms with Crippen molar-refractivity contribution in [3.8, 4) is 0 Å². The van der Waals surface area contributed by atoms with E-state index in [1.807, 2.05) is 0 Å². The maximum absolute atomic E-state index is 12.7. The molecule has 0 aliphatic heterocycles. The van der Waals surface area contributed by atoms with Crippen molar-refractivity contribution in [3.05, 3.63) is 65.7 Å². The first-order valence-corrected chi connectivity index (χ1v) is 5.85. The van der Waals surface area contributed by atoms with Crippen LogP contribution in [0.2, 0.25) is 0 Å². The molecule has 19 heavy (non-hydrogen) atoms. The smallest absolute Gasteiger partial charge is 0.227 e. The van der Waals surface area contributed by atoms with Crippen LogP contribution in [0.3, 0.4) is 0 Å². The van der Waals surface area contributed by atoms with E-state index in [-0.39, 0.29) is 23.9 Å². The van der Waals surface area contributed by atoms with Crippen molar-refractivity contribution in [2.24, 2.45) is 0 Å². The Hall–Kier alpha value is -2.36. The van der Waals surface area contributed by atoms with Gasteiger partial charge in [0.1, 0.15) is 5.82 Å². The lowest BCUT2D eigenvalue weighted by molar-refractivity contribution is -0.683. The van der Waals surface area contributed by atoms with Gasteiger partial charge in [-0.05, 0) is 31.2 Å². The molecular weight excluding hydrogens is 245 g/mol. The Kier molecular flexibility index (Phi) is 3.80. The number of hydrogen-bond acceptors (Lipinski definition) is 2. The summed E-state index contributed by atoms with van der Waals surface area (Å²) in [7, 11) is 0. The van der Waals surface area contributed by atoms with Crippen LogP contribution >= 0.6 is 0 Å². The highest BCUT2D eigenvalue weighted by Crippen LogP contribution is 2.04. The van der Waals surface area contributed by atoms with Gasteiger partial charge in [-0.15, -0.1) is 0 Å². The lowest BCUT2D eigenvalue weighted by Crippen LogP contribution is -2.37. The summed E-state index contributed by atoms with van der Waals surface area (Å²) in [5, 5.41) is 0. The molecule has 2 aromatic rings. The van der Waals surface area contributed by atoms with Gasteiger partial charge in [-0.3, -0.25) is 9.59 Å². The summed E-state index contributed by atoms with van der Waals surface area (Å²) in [6.45, 7) is 1.65. The van der Waals surface area contributed by atoms with Crippen molar-refractivity contribution in [1.29, 1.82) is 0 Å². The van der Waals surface area contributed by atoms with E-state index >= 15 is 0 Å². The highest BCUT2D eigenvalue weighted by atomic mass is 19.1. The predicted molar refractivity (Wildman–Crippen MR) is 67.4 cm³/mol. The molecule has 0 spiro atoms. The number of ketones is 2. The van der Waals surface area contributed by atoms with Crippen LogP contribution in [0, 0.1) is 5.82 Å². The maximum Gasteiger partial charge on any atom is 0.227 e. The Bertz CT molecular complexity index is 603. The van der Waals surface area contributed by atoms with E-state index in [0.717, 1.165) is 0 Å². The number of carbonyl (C=O) groups excluding carboxylic acids is 2. The molecular formula is C15H13FNO2+. The topological polar surface area (TPSA) is 38.0 Å². The number of Topliss-reactive ketones (excluding diaryl/α,β-unsaturated/α-hetero) is 2. The van der Waals surface area contributed by atoms with E-state index in [9.17, 15) is 14.0 Å². The third-order valence-corrected chi connectivity index (χ3v) is 2.79. The van der Waals surface area contributed by atoms with E-state index < -0.39 is 0 Å². The van der Waals surface area contributed by atoms with Gasteiger partial charge in [0.2, 0.25) is 12.3 Å². The molecule has 1 heterocycles. The Balaban J connectivity index is 2.10. The summed E-state index contributed by atoms with van der Waals surface area (Å²) in [5.74, 6) is -0.493. The molecule has 1 aromatic heterocycles. The standard InChI is InChI=1S/C15H13FNO2/c1-11(18)12-6-8-17(9-7-12)10-15(19)13-2-4-14(16)5-3-13/h2-9H,10H2,1H3/q+1. The molecule has 3 nitrogen and oxygen atoms in total. The maximum atomic E-state index is 12.7. The Morgan fingerprint density at radius 2 is 1.58 bits per heavy atom. The first kappa shape index (κ1) is 13.1. The minimum absolute atomic E-state index is 0.0167. The monoisotopic (exact) mass is 258 g/mol. The van der Waals surface area contributed by atoms with Crippen LogP contribution in [-0.4, -0.2) is 11.6 Å². The molecule has 2 rings (SSSR count). The lowest BCUT2D eigenvalue weighted by Gasteiger charge is -1.99. The number of rotatable bonds is 4. The second-order valence-corrected chi connectivity index (χ2v) is 4.25. The zero-order valence-electron chi connectivity index (χ0n) is 10.5. The van der Waals surface area contributed by atoms with Crippen LogP contribution < -0.4 is 4.57 Å². The highest BCUT2D eigenvalue weighted by molar-refractivity contribution is 5.95. The van der Waals surface area contributed by atoms with Crippen LogP contribution in [0.5, 0.6) is 0 Å². The van der Waals surface area contributed by atoms with Gasteiger partial charge in [0.25, 0.3) is 0 Å². The van der Waals surface area contributed by atoms with Crippen LogP contribution in [0.25, 0.3) is 0 Å². The molecule has 96 valence electrons. The van der Waals surface area contributed by atoms with E-state index in [2.05, 4.69) is 0 Å². The molecule has 0 saturated heterocycles. The van der Waals surface area contributed by atoms with Gasteiger partial charge in [-0.2, -0.15) is 4.57 Å². The molecule has 0 saturated carbocycles. The number of nitrogens with zero attached hydrogens (tertiary/aromatic N) is 1. The van der Waals surface area contributed by atoms with Crippen LogP contribution in [0.1, 0.15) is 27.6 Å². The summed E-state index contributed by atoms with van der Waals surface area (Å²) < 4.78 is 14.4. The van der Waals surface area contributed by atoms with Gasteiger partial charge in [-0.1, -0.05) is 0 Å². The second kappa shape index (κ2) is 5.52. The number of benzene rings is 1. The number of carbonyl (C=O) groups is 2. The molecule has 0 amide bonds. The van der Waals surface area contributed by atoms with Crippen molar-refractivity contribution < 1.29 is 18.5 Å². The van der Waals surface area contributed by atoms with E-state index in [4.69, 9.17) is 0 Å². The molecule has 0 unspecified atom stereocenters. The van der Waals surface area contributed by atoms with Gasteiger partial charge < -0.3 is 0 Å². The number of aromatic nitrogens is 1. The van der Waals surface area contributed by atoms with E-state index in [1.54, 1.807) is 29.1 Å². The Morgan fingerprint density at radius 3 is 2.11 bits per heavy atom. The quantitative estimate of drug-likeness (QED) is 0.623. The molecule has 4 heteroatoms. The highest BCUT2D eigenvalue weighted by Gasteiger charge is 2.12. The van der Waals surface area contributed by atoms with Crippen LogP contribution in [-0.2, 0) is 6.54 Å². The fraction of sp³-hybridized carbons (Fsp3) is 0.133. The lowest BCUT2D eigenvalue weighted by atomic mass is 10.1. The molecule has 0 radical (unpaired) electrons. The summed E-state index contributed by atoms with van der Waals surface area (Å²) in [4.78, 5) is 23.1. The summed E-state index contributed by atoms with van der Waals surface area (Å²) in [6, 6.07) is 8.78. The molecule has 0 N–H and O–H groups in total. The number of hydrogen-bond donors (Lipinski definition) is 0. The van der Waals surface area contributed by atoms with Crippen LogP contribution in [0.4, 0.5) is 4.39 Å². The third-order valence-electron chi connectivity index (χ3n) is 2.79. The van der Waals surface area contributed by atoms with Crippen LogP contribution in [0.15, 0.2) is 48.8 Å². The van der Waals surface area contributed by atoms with Crippen molar-refractivity contribution in [2.75, 3.05) is 0 Å². The minimum atomic E-state index is -0.366. The van der Waals surface area contributed by atoms with Gasteiger partial charge in [0.05, 0.1) is 0 Å². The van der Waals surface area contributed by atoms with Gasteiger partial charge in [-0.25, -0.2) is 4.39 Å². The number of pyridine rings is 1. The minimum Gasteiger partial charge on any atom is -0.295 e. The summed E-state index contributed by atoms with van der Waals surface area (Å²) >= 11 is 0. The fourth-order valence-corrected chi connectivity index (χ4v) is 1.69. The molecule has 0 bridgehead atoms. The van der Waals surface area contributed by atoms with E-state index in [0.29, 0.717) is 11.1 Å². The van der Waals surface area contributed by atoms with Gasteiger partial charge in [0, 0.05) is 23.3 Å². The van der Waals surface area contributed by atoms with Crippen molar-refractivity contribution in [3.63, 3.8) is 0 Å². The summed E-state index contributed by atoms with van der Waals surface area (Å²) in [6.07, 6.45) is 3.36. The SMILES string of the molecule is CC(=O)c1cc[n+](CC(=O)c2ccc(F)cc2)cc1. The molecule has 0 aliphatic rings. The zero-order chi connectivity index (χ0) is 13.8. The Morgan fingerprint density at radius 1 is 1.00 bits per heavy atom. The molecule has 0 aliphatic carbocycles. The second-order valence-electron chi connectivity index (χ2n) is 4.25. The molecule has 1 aromatic carbocycles. The molecule has 0 atom stereocenters. The average molecular weight is 258 g/mol. The summed E-state index contributed by atoms with van der Waals surface area (Å²) in [5.41, 5.74) is 1.06. The normalized spacial score (nSPS) is 10.2. The van der Waals surface area contributed by atoms with Gasteiger partial charge >= 0.3 is 0 Å². The average Bonchev–Trinajstić information content (AvgIpc) is 2.40. The van der Waals surface area contributed by atoms with Gasteiger partial charge in [0.15, 0.2) is 18.2 Å². The van der Waals surface area contributed by atoms with Crippen molar-refractivity contribution >= 4 is 11.6 Å². The van der Waals surface area contributed by atoms with Crippen molar-refractivity contribution in [1.82, 2.24) is 0 Å². The largest absolute Gasteiger partial charge is 0.295 e. The number of halogens is 1. The first-order chi connectivity index (χ1) is 9.06. The Labute approximate surface area is 110 Å². The molecule has 0 fully saturated rings. The van der Waals surface area contributed by atoms with Crippen molar-refractivity contribution in [2.45, 2.75) is 13.5 Å². The fourth-order valence-electron chi connectivity index (χ4n) is 1.69. The first-order valence-electron chi connectivity index (χ1n) is 5.85. The third kappa shape index (κ3) is 3.31. The predicted octanol–water partition coefficient (Wildman–Crippen LogP) is 2.20. The zero-order valence-corrected chi connectivity index (χ0v) is 10.5.